The predicted molar refractivity (Wildman–Crippen MR) is 124 cm³/mol. The van der Waals surface area contributed by atoms with Gasteiger partial charge in [-0.15, -0.1) is 0 Å². The van der Waals surface area contributed by atoms with Crippen LogP contribution in [0, 0.1) is 5.41 Å². The van der Waals surface area contributed by atoms with Crippen LogP contribution in [0.5, 0.6) is 0 Å². The third-order valence-corrected chi connectivity index (χ3v) is 6.01. The first kappa shape index (κ1) is 24.4. The number of carbonyl (C=O) groups is 3. The molecule has 8 nitrogen and oxygen atoms in total. The summed E-state index contributed by atoms with van der Waals surface area (Å²) in [5.74, 6) is -0.983. The number of hydrogen-bond acceptors (Lipinski definition) is 6. The van der Waals surface area contributed by atoms with E-state index in [1.54, 1.807) is 33.8 Å². The standard InChI is InChI=1S/C25H32N2O6/c1-14(32-15(2)28)25(6)13-18(22(29)31-7)21-17(16-10-8-9-11-19(16)26-21)12-20(25)27-23(30)33-24(3,4)5/h8-11,13-14,20,26H,12H2,1-7H3,(H,27,30)/t14?,20-,25-/m0/s1. The van der Waals surface area contributed by atoms with E-state index in [1.165, 1.54) is 14.0 Å². The Kier molecular flexibility index (Phi) is 6.58. The predicted octanol–water partition coefficient (Wildman–Crippen LogP) is 4.13. The van der Waals surface area contributed by atoms with Gasteiger partial charge in [0, 0.05) is 29.3 Å². The Labute approximate surface area is 193 Å². The van der Waals surface area contributed by atoms with Gasteiger partial charge in [0.1, 0.15) is 11.7 Å². The van der Waals surface area contributed by atoms with Crippen molar-refractivity contribution in [2.45, 2.75) is 65.7 Å². The maximum absolute atomic E-state index is 12.9. The number of H-pyrrole nitrogens is 1. The summed E-state index contributed by atoms with van der Waals surface area (Å²) in [4.78, 5) is 40.8. The van der Waals surface area contributed by atoms with Crippen molar-refractivity contribution in [2.24, 2.45) is 5.41 Å². The van der Waals surface area contributed by atoms with Crippen molar-refractivity contribution >= 4 is 34.5 Å². The Hall–Kier alpha value is -3.29. The molecule has 1 aliphatic rings. The van der Waals surface area contributed by atoms with E-state index in [4.69, 9.17) is 14.2 Å². The Morgan fingerprint density at radius 1 is 1.21 bits per heavy atom. The number of carbonyl (C=O) groups excluding carboxylic acids is 3. The molecule has 1 unspecified atom stereocenters. The number of para-hydroxylation sites is 1. The van der Waals surface area contributed by atoms with E-state index in [0.717, 1.165) is 16.5 Å². The molecule has 0 bridgehead atoms. The lowest BCUT2D eigenvalue weighted by Crippen LogP contribution is -2.53. The second-order valence-corrected chi connectivity index (χ2v) is 9.59. The van der Waals surface area contributed by atoms with Crippen LogP contribution in [0.1, 0.15) is 52.8 Å². The summed E-state index contributed by atoms with van der Waals surface area (Å²) in [6.07, 6.45) is 0.850. The molecule has 178 valence electrons. The summed E-state index contributed by atoms with van der Waals surface area (Å²) in [5, 5.41) is 3.90. The first-order chi connectivity index (χ1) is 15.4. The SMILES string of the molecule is COC(=O)C1=C[C@@](C)(C(C)OC(C)=O)[C@@H](NC(=O)OC(C)(C)C)Cc2c1[nH]c1ccccc21. The van der Waals surface area contributed by atoms with Gasteiger partial charge in [0.05, 0.1) is 18.4 Å². The first-order valence-electron chi connectivity index (χ1n) is 10.9. The summed E-state index contributed by atoms with van der Waals surface area (Å²) in [6, 6.07) is 7.16. The Bertz CT molecular complexity index is 1110. The lowest BCUT2D eigenvalue weighted by Gasteiger charge is -2.39. The number of aromatic amines is 1. The summed E-state index contributed by atoms with van der Waals surface area (Å²) >= 11 is 0. The second kappa shape index (κ2) is 8.92. The van der Waals surface area contributed by atoms with Crippen molar-refractivity contribution in [3.63, 3.8) is 0 Å². The zero-order valence-electron chi connectivity index (χ0n) is 20.2. The fourth-order valence-corrected chi connectivity index (χ4v) is 4.25. The number of amides is 1. The summed E-state index contributed by atoms with van der Waals surface area (Å²) < 4.78 is 16.1. The minimum absolute atomic E-state index is 0.318. The number of nitrogens with one attached hydrogen (secondary N) is 2. The van der Waals surface area contributed by atoms with Gasteiger partial charge in [-0.25, -0.2) is 9.59 Å². The smallest absolute Gasteiger partial charge is 0.407 e. The molecule has 3 rings (SSSR count). The van der Waals surface area contributed by atoms with Gasteiger partial charge < -0.3 is 24.5 Å². The molecule has 0 fully saturated rings. The molecule has 3 atom stereocenters. The maximum atomic E-state index is 12.9. The molecule has 1 heterocycles. The van der Waals surface area contributed by atoms with E-state index in [2.05, 4.69) is 10.3 Å². The van der Waals surface area contributed by atoms with Crippen LogP contribution in [0.2, 0.25) is 0 Å². The highest BCUT2D eigenvalue weighted by molar-refractivity contribution is 6.18. The number of ether oxygens (including phenoxy) is 3. The molecule has 2 N–H and O–H groups in total. The van der Waals surface area contributed by atoms with Crippen molar-refractivity contribution < 1.29 is 28.6 Å². The molecule has 8 heteroatoms. The zero-order valence-corrected chi connectivity index (χ0v) is 20.2. The van der Waals surface area contributed by atoms with Crippen LogP contribution in [0.25, 0.3) is 16.5 Å². The zero-order chi connectivity index (χ0) is 24.6. The van der Waals surface area contributed by atoms with Crippen molar-refractivity contribution in [3.8, 4) is 0 Å². The Morgan fingerprint density at radius 3 is 2.48 bits per heavy atom. The quantitative estimate of drug-likeness (QED) is 0.529. The normalized spacial score (nSPS) is 21.3. The van der Waals surface area contributed by atoms with Gasteiger partial charge in [-0.05, 0) is 45.7 Å². The summed E-state index contributed by atoms with van der Waals surface area (Å²) in [6.45, 7) is 10.3. The largest absolute Gasteiger partial charge is 0.465 e. The molecule has 2 aromatic rings. The monoisotopic (exact) mass is 456 g/mol. The number of aromatic nitrogens is 1. The molecule has 0 radical (unpaired) electrons. The summed E-state index contributed by atoms with van der Waals surface area (Å²) in [7, 11) is 1.32. The molecule has 1 aromatic heterocycles. The Morgan fingerprint density at radius 2 is 1.88 bits per heavy atom. The molecule has 0 saturated carbocycles. The molecule has 1 aliphatic carbocycles. The number of benzene rings is 1. The number of methoxy groups -OCH3 is 1. The van der Waals surface area contributed by atoms with Crippen LogP contribution in [-0.4, -0.2) is 47.9 Å². The van der Waals surface area contributed by atoms with Gasteiger partial charge in [-0.1, -0.05) is 31.2 Å². The third kappa shape index (κ3) is 5.05. The van der Waals surface area contributed by atoms with Gasteiger partial charge in [-0.3, -0.25) is 4.79 Å². The first-order valence-corrected chi connectivity index (χ1v) is 10.9. The maximum Gasteiger partial charge on any atom is 0.407 e. The topological polar surface area (TPSA) is 107 Å². The minimum atomic E-state index is -0.951. The fourth-order valence-electron chi connectivity index (χ4n) is 4.25. The number of esters is 2. The molecule has 0 saturated heterocycles. The Balaban J connectivity index is 2.20. The van der Waals surface area contributed by atoms with E-state index in [1.807, 2.05) is 31.2 Å². The molecule has 33 heavy (non-hydrogen) atoms. The van der Waals surface area contributed by atoms with Crippen LogP contribution >= 0.6 is 0 Å². The van der Waals surface area contributed by atoms with E-state index < -0.39 is 41.2 Å². The molecule has 0 spiro atoms. The van der Waals surface area contributed by atoms with E-state index in [9.17, 15) is 14.4 Å². The fraction of sp³-hybridized carbons (Fsp3) is 0.480. The van der Waals surface area contributed by atoms with Gasteiger partial charge in [-0.2, -0.15) is 0 Å². The van der Waals surface area contributed by atoms with Crippen LogP contribution in [0.4, 0.5) is 4.79 Å². The average molecular weight is 457 g/mol. The van der Waals surface area contributed by atoms with Crippen LogP contribution in [0.3, 0.4) is 0 Å². The molecule has 0 aliphatic heterocycles. The number of hydrogen-bond donors (Lipinski definition) is 2. The van der Waals surface area contributed by atoms with Crippen LogP contribution < -0.4 is 5.32 Å². The van der Waals surface area contributed by atoms with Crippen LogP contribution in [-0.2, 0) is 30.2 Å². The highest BCUT2D eigenvalue weighted by atomic mass is 16.6. The number of fused-ring (bicyclic) bond motifs is 3. The third-order valence-electron chi connectivity index (χ3n) is 6.01. The number of rotatable bonds is 4. The molecule has 1 aromatic carbocycles. The lowest BCUT2D eigenvalue weighted by molar-refractivity contribution is -0.150. The summed E-state index contributed by atoms with van der Waals surface area (Å²) in [5.41, 5.74) is 1.03. The molecule has 1 amide bonds. The van der Waals surface area contributed by atoms with Crippen molar-refractivity contribution in [1.82, 2.24) is 10.3 Å². The highest BCUT2D eigenvalue weighted by Crippen LogP contribution is 2.42. The molecular weight excluding hydrogens is 424 g/mol. The van der Waals surface area contributed by atoms with Gasteiger partial charge in [0.15, 0.2) is 0 Å². The van der Waals surface area contributed by atoms with Gasteiger partial charge in [0.2, 0.25) is 0 Å². The minimum Gasteiger partial charge on any atom is -0.465 e. The van der Waals surface area contributed by atoms with Gasteiger partial charge >= 0.3 is 18.0 Å². The van der Waals surface area contributed by atoms with Crippen molar-refractivity contribution in [2.75, 3.05) is 7.11 Å². The molecular formula is C25H32N2O6. The van der Waals surface area contributed by atoms with E-state index >= 15 is 0 Å². The highest BCUT2D eigenvalue weighted by Gasteiger charge is 2.45. The van der Waals surface area contributed by atoms with Crippen molar-refractivity contribution in [1.29, 1.82) is 0 Å². The van der Waals surface area contributed by atoms with Gasteiger partial charge in [0.25, 0.3) is 0 Å². The average Bonchev–Trinajstić information content (AvgIpc) is 3.01. The van der Waals surface area contributed by atoms with E-state index in [-0.39, 0.29) is 0 Å². The number of alkyl carbamates (subject to hydrolysis) is 1. The van der Waals surface area contributed by atoms with E-state index in [0.29, 0.717) is 17.7 Å². The second-order valence-electron chi connectivity index (χ2n) is 9.59. The van der Waals surface area contributed by atoms with Crippen LogP contribution in [0.15, 0.2) is 30.3 Å². The van der Waals surface area contributed by atoms with Crippen molar-refractivity contribution in [3.05, 3.63) is 41.6 Å². The lowest BCUT2D eigenvalue weighted by atomic mass is 9.75.